The summed E-state index contributed by atoms with van der Waals surface area (Å²) in [6, 6.07) is 0.538. The molecule has 1 aromatic rings. The highest BCUT2D eigenvalue weighted by Crippen LogP contribution is 2.64. The van der Waals surface area contributed by atoms with Gasteiger partial charge in [0.1, 0.15) is 11.6 Å². The van der Waals surface area contributed by atoms with Crippen LogP contribution >= 0.6 is 0 Å². The maximum absolute atomic E-state index is 4.62. The van der Waals surface area contributed by atoms with Gasteiger partial charge in [0.25, 0.3) is 0 Å². The summed E-state index contributed by atoms with van der Waals surface area (Å²) in [7, 11) is 0. The zero-order chi connectivity index (χ0) is 15.9. The minimum absolute atomic E-state index is 0.538. The van der Waals surface area contributed by atoms with Crippen molar-refractivity contribution < 1.29 is 0 Å². The van der Waals surface area contributed by atoms with E-state index in [1.165, 1.54) is 25.1 Å². The normalized spacial score (nSPS) is 35.0. The molecule has 120 valence electrons. The number of allylic oxidation sites excluding steroid dienone is 4. The monoisotopic (exact) mass is 299 g/mol. The maximum Gasteiger partial charge on any atom is 0.147 e. The zero-order valence-electron chi connectivity index (χ0n) is 14.6. The van der Waals surface area contributed by atoms with Gasteiger partial charge in [-0.3, -0.25) is 0 Å². The Labute approximate surface area is 134 Å². The molecule has 5 rings (SSSR count). The highest BCUT2D eigenvalue weighted by molar-refractivity contribution is 5.38. The molecule has 2 fully saturated rings. The Balaban J connectivity index is 0.000000261. The molecule has 0 radical (unpaired) electrons. The summed E-state index contributed by atoms with van der Waals surface area (Å²) in [6.07, 6.45) is 10.9. The van der Waals surface area contributed by atoms with Crippen LogP contribution in [0.4, 0.5) is 0 Å². The van der Waals surface area contributed by atoms with Crippen LogP contribution in [0.1, 0.15) is 70.6 Å². The van der Waals surface area contributed by atoms with Crippen LogP contribution in [0.2, 0.25) is 0 Å². The molecule has 1 aromatic heterocycles. The largest absolute Gasteiger partial charge is 0.242 e. The van der Waals surface area contributed by atoms with E-state index in [9.17, 15) is 0 Å². The standard InChI is InChI=1S/C14H15N3.C3H8.C2H6/c1-7-15-14-12-6-11(12)13(17(14)16-7)9-4-2-3-8-5-10(8)9;1-3-2;1-2/h2-4,8,10-13H,5-6H2,1H3;3H2,1-2H3;1-2H3. The van der Waals surface area contributed by atoms with Crippen LogP contribution in [0.5, 0.6) is 0 Å². The first-order chi connectivity index (χ1) is 10.7. The summed E-state index contributed by atoms with van der Waals surface area (Å²) < 4.78 is 2.23. The van der Waals surface area contributed by atoms with Crippen molar-refractivity contribution in [3.63, 3.8) is 0 Å². The summed E-state index contributed by atoms with van der Waals surface area (Å²) in [5.74, 6) is 5.37. The Morgan fingerprint density at radius 2 is 1.91 bits per heavy atom. The molecule has 0 amide bonds. The Morgan fingerprint density at radius 1 is 1.18 bits per heavy atom. The zero-order valence-corrected chi connectivity index (χ0v) is 14.6. The average molecular weight is 299 g/mol. The lowest BCUT2D eigenvalue weighted by molar-refractivity contribution is 0.467. The third-order valence-corrected chi connectivity index (χ3v) is 4.86. The second kappa shape index (κ2) is 6.02. The number of hydrogen-bond acceptors (Lipinski definition) is 2. The average Bonchev–Trinajstić information content (AvgIpc) is 3.40. The third kappa shape index (κ3) is 2.45. The van der Waals surface area contributed by atoms with Crippen LogP contribution in [0.3, 0.4) is 0 Å². The first-order valence-corrected chi connectivity index (χ1v) is 9.05. The second-order valence-corrected chi connectivity index (χ2v) is 6.68. The van der Waals surface area contributed by atoms with Gasteiger partial charge in [-0.05, 0) is 43.1 Å². The first kappa shape index (κ1) is 15.5. The van der Waals surface area contributed by atoms with Crippen LogP contribution in [0.25, 0.3) is 0 Å². The number of aryl methyl sites for hydroxylation is 1. The highest BCUT2D eigenvalue weighted by atomic mass is 15.4. The van der Waals surface area contributed by atoms with Crippen molar-refractivity contribution in [1.82, 2.24) is 14.8 Å². The van der Waals surface area contributed by atoms with Crippen molar-refractivity contribution >= 4 is 0 Å². The molecule has 3 nitrogen and oxygen atoms in total. The molecule has 0 spiro atoms. The summed E-state index contributed by atoms with van der Waals surface area (Å²) in [6.45, 7) is 10.3. The molecule has 22 heavy (non-hydrogen) atoms. The molecule has 2 heterocycles. The molecule has 3 aliphatic carbocycles. The molecule has 5 atom stereocenters. The van der Waals surface area contributed by atoms with Crippen LogP contribution in [0.15, 0.2) is 23.8 Å². The molecule has 0 bridgehead atoms. The summed E-state index contributed by atoms with van der Waals surface area (Å²) in [4.78, 5) is 4.60. The molecule has 0 N–H and O–H groups in total. The minimum Gasteiger partial charge on any atom is -0.242 e. The van der Waals surface area contributed by atoms with E-state index in [1.54, 1.807) is 5.57 Å². The van der Waals surface area contributed by atoms with Gasteiger partial charge in [-0.1, -0.05) is 52.3 Å². The predicted molar refractivity (Wildman–Crippen MR) is 90.8 cm³/mol. The maximum atomic E-state index is 4.62. The number of nitrogens with zero attached hydrogens (tertiary/aromatic N) is 3. The van der Waals surface area contributed by atoms with Crippen molar-refractivity contribution in [2.45, 2.75) is 65.8 Å². The van der Waals surface area contributed by atoms with Crippen molar-refractivity contribution in [2.24, 2.45) is 17.8 Å². The Hall–Kier alpha value is -1.38. The van der Waals surface area contributed by atoms with Gasteiger partial charge in [-0.2, -0.15) is 5.10 Å². The quantitative estimate of drug-likeness (QED) is 0.744. The van der Waals surface area contributed by atoms with Gasteiger partial charge < -0.3 is 0 Å². The Morgan fingerprint density at radius 3 is 2.64 bits per heavy atom. The van der Waals surface area contributed by atoms with E-state index >= 15 is 0 Å². The Kier molecular flexibility index (Phi) is 4.24. The van der Waals surface area contributed by atoms with Gasteiger partial charge >= 0.3 is 0 Å². The van der Waals surface area contributed by atoms with Gasteiger partial charge in [-0.15, -0.1) is 0 Å². The molecular weight excluding hydrogens is 270 g/mol. The fraction of sp³-hybridized carbons (Fsp3) is 0.684. The van der Waals surface area contributed by atoms with Crippen LogP contribution in [-0.4, -0.2) is 14.8 Å². The lowest BCUT2D eigenvalue weighted by atomic mass is 9.94. The molecule has 4 aliphatic rings. The Bertz CT molecular complexity index is 596. The van der Waals surface area contributed by atoms with Crippen molar-refractivity contribution in [3.8, 4) is 0 Å². The molecule has 0 saturated heterocycles. The molecule has 5 unspecified atom stereocenters. The third-order valence-electron chi connectivity index (χ3n) is 4.86. The molecule has 0 aromatic carbocycles. The van der Waals surface area contributed by atoms with E-state index in [-0.39, 0.29) is 0 Å². The molecular formula is C19H29N3. The van der Waals surface area contributed by atoms with Gasteiger partial charge in [0.05, 0.1) is 6.04 Å². The van der Waals surface area contributed by atoms with Gasteiger partial charge in [0.2, 0.25) is 0 Å². The van der Waals surface area contributed by atoms with E-state index in [4.69, 9.17) is 0 Å². The van der Waals surface area contributed by atoms with Crippen LogP contribution in [0, 0.1) is 24.7 Å². The lowest BCUT2D eigenvalue weighted by Gasteiger charge is -2.19. The lowest BCUT2D eigenvalue weighted by Crippen LogP contribution is -2.15. The van der Waals surface area contributed by atoms with Crippen LogP contribution in [-0.2, 0) is 0 Å². The SMILES string of the molecule is CC.CCC.Cc1nc2n(n1)C(C1=CC=CC3CC13)C1CC21. The number of aromatic nitrogens is 3. The van der Waals surface area contributed by atoms with Crippen molar-refractivity contribution in [1.29, 1.82) is 0 Å². The second-order valence-electron chi connectivity index (χ2n) is 6.68. The summed E-state index contributed by atoms with van der Waals surface area (Å²) in [5, 5.41) is 4.62. The van der Waals surface area contributed by atoms with Crippen molar-refractivity contribution in [3.05, 3.63) is 35.4 Å². The van der Waals surface area contributed by atoms with Crippen LogP contribution < -0.4 is 0 Å². The van der Waals surface area contributed by atoms with Gasteiger partial charge in [0.15, 0.2) is 0 Å². The van der Waals surface area contributed by atoms with E-state index in [0.29, 0.717) is 12.0 Å². The summed E-state index contributed by atoms with van der Waals surface area (Å²) >= 11 is 0. The van der Waals surface area contributed by atoms with E-state index in [1.807, 2.05) is 20.8 Å². The van der Waals surface area contributed by atoms with E-state index in [0.717, 1.165) is 23.6 Å². The topological polar surface area (TPSA) is 30.7 Å². The minimum atomic E-state index is 0.538. The van der Waals surface area contributed by atoms with E-state index < -0.39 is 0 Å². The number of fused-ring (bicyclic) bond motifs is 4. The highest BCUT2D eigenvalue weighted by Gasteiger charge is 2.58. The number of hydrogen-bond donors (Lipinski definition) is 0. The molecule has 2 saturated carbocycles. The first-order valence-electron chi connectivity index (χ1n) is 9.05. The predicted octanol–water partition coefficient (Wildman–Crippen LogP) is 4.82. The number of rotatable bonds is 1. The van der Waals surface area contributed by atoms with Crippen molar-refractivity contribution in [2.75, 3.05) is 0 Å². The smallest absolute Gasteiger partial charge is 0.147 e. The fourth-order valence-corrected chi connectivity index (χ4v) is 3.90. The van der Waals surface area contributed by atoms with Gasteiger partial charge in [0, 0.05) is 5.92 Å². The fourth-order valence-electron chi connectivity index (χ4n) is 3.90. The molecule has 1 aliphatic heterocycles. The molecule has 3 heteroatoms. The summed E-state index contributed by atoms with van der Waals surface area (Å²) in [5.41, 5.74) is 1.63. The van der Waals surface area contributed by atoms with E-state index in [2.05, 4.69) is 46.8 Å². The van der Waals surface area contributed by atoms with Gasteiger partial charge in [-0.25, -0.2) is 9.67 Å².